The largest absolute Gasteiger partial charge is 0.460 e. The third-order valence-corrected chi connectivity index (χ3v) is 4.26. The molecular formula is C18H23NO2. The van der Waals surface area contributed by atoms with E-state index in [0.717, 1.165) is 49.3 Å². The number of aryl methyl sites for hydroxylation is 1. The molecule has 0 bridgehead atoms. The lowest BCUT2D eigenvalue weighted by atomic mass is 9.93. The van der Waals surface area contributed by atoms with Gasteiger partial charge >= 0.3 is 0 Å². The summed E-state index contributed by atoms with van der Waals surface area (Å²) in [6, 6.07) is 13.0. The van der Waals surface area contributed by atoms with Gasteiger partial charge in [0.2, 0.25) is 0 Å². The fraction of sp³-hybridized carbons (Fsp3) is 0.444. The molecule has 1 saturated carbocycles. The van der Waals surface area contributed by atoms with Crippen LogP contribution in [0.4, 0.5) is 0 Å². The van der Waals surface area contributed by atoms with Gasteiger partial charge < -0.3 is 14.8 Å². The predicted octanol–water partition coefficient (Wildman–Crippen LogP) is 3.65. The first-order valence-electron chi connectivity index (χ1n) is 7.78. The molecule has 3 nitrogen and oxygen atoms in total. The van der Waals surface area contributed by atoms with Crippen molar-refractivity contribution in [3.8, 4) is 11.3 Å². The SMILES string of the molecule is Cc1ccc(-c2ccc(CNC3CCC(O)CC3)o2)cc1. The van der Waals surface area contributed by atoms with Crippen molar-refractivity contribution in [3.63, 3.8) is 0 Å². The Morgan fingerprint density at radius 1 is 1.05 bits per heavy atom. The van der Waals surface area contributed by atoms with Gasteiger partial charge in [-0.05, 0) is 44.7 Å². The molecule has 1 heterocycles. The van der Waals surface area contributed by atoms with Gasteiger partial charge in [0, 0.05) is 11.6 Å². The topological polar surface area (TPSA) is 45.4 Å². The monoisotopic (exact) mass is 285 g/mol. The first-order valence-corrected chi connectivity index (χ1v) is 7.78. The first-order chi connectivity index (χ1) is 10.2. The molecule has 0 spiro atoms. The summed E-state index contributed by atoms with van der Waals surface area (Å²) in [5, 5.41) is 13.0. The Hall–Kier alpha value is -1.58. The van der Waals surface area contributed by atoms with E-state index in [0.29, 0.717) is 6.04 Å². The van der Waals surface area contributed by atoms with E-state index < -0.39 is 0 Å². The maximum absolute atomic E-state index is 9.51. The van der Waals surface area contributed by atoms with Crippen LogP contribution in [0.5, 0.6) is 0 Å². The Balaban J connectivity index is 1.56. The molecule has 2 N–H and O–H groups in total. The van der Waals surface area contributed by atoms with Gasteiger partial charge in [-0.25, -0.2) is 0 Å². The van der Waals surface area contributed by atoms with E-state index >= 15 is 0 Å². The molecule has 0 saturated heterocycles. The van der Waals surface area contributed by atoms with Crippen molar-refractivity contribution in [2.24, 2.45) is 0 Å². The maximum atomic E-state index is 9.51. The molecule has 21 heavy (non-hydrogen) atoms. The maximum Gasteiger partial charge on any atom is 0.134 e. The van der Waals surface area contributed by atoms with Crippen LogP contribution in [-0.2, 0) is 6.54 Å². The van der Waals surface area contributed by atoms with E-state index in [1.165, 1.54) is 5.56 Å². The summed E-state index contributed by atoms with van der Waals surface area (Å²) in [6.45, 7) is 2.84. The number of hydrogen-bond acceptors (Lipinski definition) is 3. The molecule has 0 unspecified atom stereocenters. The lowest BCUT2D eigenvalue weighted by Gasteiger charge is -2.25. The van der Waals surface area contributed by atoms with Gasteiger partial charge in [0.1, 0.15) is 11.5 Å². The summed E-state index contributed by atoms with van der Waals surface area (Å²) in [5.41, 5.74) is 2.37. The van der Waals surface area contributed by atoms with Crippen LogP contribution in [0.1, 0.15) is 37.0 Å². The molecule has 1 fully saturated rings. The van der Waals surface area contributed by atoms with Gasteiger partial charge in [-0.15, -0.1) is 0 Å². The minimum Gasteiger partial charge on any atom is -0.460 e. The Morgan fingerprint density at radius 2 is 1.76 bits per heavy atom. The molecular weight excluding hydrogens is 262 g/mol. The molecule has 0 radical (unpaired) electrons. The molecule has 3 rings (SSSR count). The van der Waals surface area contributed by atoms with Crippen LogP contribution in [0.2, 0.25) is 0 Å². The van der Waals surface area contributed by atoms with Crippen LogP contribution >= 0.6 is 0 Å². The number of benzene rings is 1. The molecule has 1 aliphatic rings. The average Bonchev–Trinajstić information content (AvgIpc) is 2.96. The van der Waals surface area contributed by atoms with Crippen molar-refractivity contribution < 1.29 is 9.52 Å². The van der Waals surface area contributed by atoms with Gasteiger partial charge in [-0.3, -0.25) is 0 Å². The average molecular weight is 285 g/mol. The fourth-order valence-corrected chi connectivity index (χ4v) is 2.87. The minimum atomic E-state index is -0.0974. The van der Waals surface area contributed by atoms with E-state index in [-0.39, 0.29) is 6.10 Å². The van der Waals surface area contributed by atoms with E-state index in [2.05, 4.69) is 36.5 Å². The van der Waals surface area contributed by atoms with Crippen molar-refractivity contribution in [2.75, 3.05) is 0 Å². The molecule has 3 heteroatoms. The lowest BCUT2D eigenvalue weighted by Crippen LogP contribution is -2.34. The number of nitrogens with one attached hydrogen (secondary N) is 1. The van der Waals surface area contributed by atoms with E-state index in [1.807, 2.05) is 12.1 Å². The van der Waals surface area contributed by atoms with Crippen LogP contribution in [0.3, 0.4) is 0 Å². The van der Waals surface area contributed by atoms with Crippen LogP contribution < -0.4 is 5.32 Å². The number of aliphatic hydroxyl groups excluding tert-OH is 1. The van der Waals surface area contributed by atoms with Gasteiger partial charge in [-0.2, -0.15) is 0 Å². The highest BCUT2D eigenvalue weighted by Crippen LogP contribution is 2.23. The molecule has 0 aliphatic heterocycles. The quantitative estimate of drug-likeness (QED) is 0.901. The van der Waals surface area contributed by atoms with Crippen molar-refractivity contribution in [3.05, 3.63) is 47.7 Å². The summed E-state index contributed by atoms with van der Waals surface area (Å²) in [5.74, 6) is 1.89. The zero-order chi connectivity index (χ0) is 14.7. The number of rotatable bonds is 4. The van der Waals surface area contributed by atoms with Gasteiger partial charge in [-0.1, -0.05) is 29.8 Å². The molecule has 1 aromatic carbocycles. The summed E-state index contributed by atoms with van der Waals surface area (Å²) in [6.07, 6.45) is 3.81. The highest BCUT2D eigenvalue weighted by Gasteiger charge is 2.19. The molecule has 0 amide bonds. The molecule has 2 aromatic rings. The molecule has 112 valence electrons. The van der Waals surface area contributed by atoms with Crippen molar-refractivity contribution in [2.45, 2.75) is 51.3 Å². The second-order valence-electron chi connectivity index (χ2n) is 6.02. The zero-order valence-electron chi connectivity index (χ0n) is 12.5. The third-order valence-electron chi connectivity index (χ3n) is 4.26. The normalized spacial score (nSPS) is 22.4. The summed E-state index contributed by atoms with van der Waals surface area (Å²) in [7, 11) is 0. The second-order valence-corrected chi connectivity index (χ2v) is 6.02. The predicted molar refractivity (Wildman–Crippen MR) is 84.0 cm³/mol. The Morgan fingerprint density at radius 3 is 2.48 bits per heavy atom. The van der Waals surface area contributed by atoms with E-state index in [9.17, 15) is 5.11 Å². The number of aliphatic hydroxyl groups is 1. The van der Waals surface area contributed by atoms with Crippen molar-refractivity contribution in [1.82, 2.24) is 5.32 Å². The Bertz CT molecular complexity index is 565. The van der Waals surface area contributed by atoms with Crippen LogP contribution in [0, 0.1) is 6.92 Å². The highest BCUT2D eigenvalue weighted by atomic mass is 16.3. The highest BCUT2D eigenvalue weighted by molar-refractivity contribution is 5.57. The lowest BCUT2D eigenvalue weighted by molar-refractivity contribution is 0.116. The smallest absolute Gasteiger partial charge is 0.134 e. The van der Waals surface area contributed by atoms with Gasteiger partial charge in [0.25, 0.3) is 0 Å². The van der Waals surface area contributed by atoms with Gasteiger partial charge in [0.05, 0.1) is 12.6 Å². The molecule has 0 atom stereocenters. The van der Waals surface area contributed by atoms with Gasteiger partial charge in [0.15, 0.2) is 0 Å². The summed E-state index contributed by atoms with van der Waals surface area (Å²) in [4.78, 5) is 0. The second kappa shape index (κ2) is 6.46. The zero-order valence-corrected chi connectivity index (χ0v) is 12.5. The minimum absolute atomic E-state index is 0.0974. The Kier molecular flexibility index (Phi) is 4.42. The summed E-state index contributed by atoms with van der Waals surface area (Å²) >= 11 is 0. The fourth-order valence-electron chi connectivity index (χ4n) is 2.87. The standard InChI is InChI=1S/C18H23NO2/c1-13-2-4-14(5-3-13)18-11-10-17(21-18)12-19-15-6-8-16(20)9-7-15/h2-5,10-11,15-16,19-20H,6-9,12H2,1H3. The van der Waals surface area contributed by atoms with Crippen LogP contribution in [0.15, 0.2) is 40.8 Å². The molecule has 1 aliphatic carbocycles. The Labute approximate surface area is 126 Å². The third kappa shape index (κ3) is 3.74. The van der Waals surface area contributed by atoms with Crippen LogP contribution in [-0.4, -0.2) is 17.3 Å². The van der Waals surface area contributed by atoms with Crippen molar-refractivity contribution in [1.29, 1.82) is 0 Å². The number of furan rings is 1. The summed E-state index contributed by atoms with van der Waals surface area (Å²) < 4.78 is 5.91. The first kappa shape index (κ1) is 14.4. The molecule has 1 aromatic heterocycles. The number of hydrogen-bond donors (Lipinski definition) is 2. The van der Waals surface area contributed by atoms with Crippen LogP contribution in [0.25, 0.3) is 11.3 Å². The van der Waals surface area contributed by atoms with Crippen molar-refractivity contribution >= 4 is 0 Å². The van der Waals surface area contributed by atoms with E-state index in [4.69, 9.17) is 4.42 Å². The van der Waals surface area contributed by atoms with E-state index in [1.54, 1.807) is 0 Å².